The Morgan fingerprint density at radius 3 is 2.60 bits per heavy atom. The number of hydrogen-bond acceptors (Lipinski definition) is 2. The van der Waals surface area contributed by atoms with Gasteiger partial charge in [0, 0.05) is 18.2 Å². The Hall–Kier alpha value is -1.00. The van der Waals surface area contributed by atoms with Crippen LogP contribution in [0.2, 0.25) is 0 Å². The van der Waals surface area contributed by atoms with E-state index in [1.165, 1.54) is 13.0 Å². The summed E-state index contributed by atoms with van der Waals surface area (Å²) in [5, 5.41) is 9.90. The second-order valence-electron chi connectivity index (χ2n) is 3.54. The zero-order valence-corrected chi connectivity index (χ0v) is 8.76. The minimum atomic E-state index is -1.44. The van der Waals surface area contributed by atoms with Crippen LogP contribution in [0.4, 0.5) is 8.78 Å². The molecule has 0 radical (unpaired) electrons. The molecule has 0 aliphatic heterocycles. The molecule has 2 nitrogen and oxygen atoms in total. The Morgan fingerprint density at radius 1 is 1.40 bits per heavy atom. The van der Waals surface area contributed by atoms with Crippen LogP contribution in [0, 0.1) is 11.6 Å². The number of ether oxygens (including phenoxy) is 1. The molecule has 1 atom stereocenters. The number of hydrogen-bond donors (Lipinski definition) is 1. The average Bonchev–Trinajstić information content (AvgIpc) is 2.14. The molecular weight excluding hydrogens is 202 g/mol. The first-order valence-corrected chi connectivity index (χ1v) is 4.73. The standard InChI is InChI=1S/C11H14F2O2/c1-3-15-7-11(2,14)9-5-4-8(12)6-10(9)13/h4-6,14H,3,7H2,1-2H3. The van der Waals surface area contributed by atoms with E-state index in [-0.39, 0.29) is 12.2 Å². The van der Waals surface area contributed by atoms with E-state index < -0.39 is 17.2 Å². The van der Waals surface area contributed by atoms with Gasteiger partial charge in [0.05, 0.1) is 6.61 Å². The molecule has 0 heterocycles. The van der Waals surface area contributed by atoms with Crippen LogP contribution in [-0.2, 0) is 10.3 Å². The van der Waals surface area contributed by atoms with Gasteiger partial charge >= 0.3 is 0 Å². The third-order valence-corrected chi connectivity index (χ3v) is 2.10. The fourth-order valence-corrected chi connectivity index (χ4v) is 1.30. The van der Waals surface area contributed by atoms with Crippen molar-refractivity contribution in [1.29, 1.82) is 0 Å². The molecule has 0 saturated heterocycles. The second-order valence-corrected chi connectivity index (χ2v) is 3.54. The number of benzene rings is 1. The zero-order chi connectivity index (χ0) is 11.5. The average molecular weight is 216 g/mol. The van der Waals surface area contributed by atoms with E-state index in [1.807, 2.05) is 0 Å². The summed E-state index contributed by atoms with van der Waals surface area (Å²) in [5.74, 6) is -1.43. The maximum absolute atomic E-state index is 13.3. The largest absolute Gasteiger partial charge is 0.383 e. The van der Waals surface area contributed by atoms with E-state index >= 15 is 0 Å². The van der Waals surface area contributed by atoms with Crippen LogP contribution < -0.4 is 0 Å². The van der Waals surface area contributed by atoms with Crippen LogP contribution in [0.5, 0.6) is 0 Å². The Morgan fingerprint density at radius 2 is 2.07 bits per heavy atom. The Kier molecular flexibility index (Phi) is 3.77. The molecule has 15 heavy (non-hydrogen) atoms. The SMILES string of the molecule is CCOCC(C)(O)c1ccc(F)cc1F. The van der Waals surface area contributed by atoms with Crippen molar-refractivity contribution in [1.82, 2.24) is 0 Å². The molecule has 0 saturated carbocycles. The lowest BCUT2D eigenvalue weighted by Gasteiger charge is -2.23. The molecule has 0 bridgehead atoms. The second kappa shape index (κ2) is 4.68. The Bertz CT molecular complexity index is 337. The third kappa shape index (κ3) is 2.97. The molecular formula is C11H14F2O2. The molecule has 84 valence electrons. The van der Waals surface area contributed by atoms with Crippen molar-refractivity contribution in [3.05, 3.63) is 35.4 Å². The summed E-state index contributed by atoms with van der Waals surface area (Å²) >= 11 is 0. The van der Waals surface area contributed by atoms with Crippen molar-refractivity contribution < 1.29 is 18.6 Å². The fourth-order valence-electron chi connectivity index (χ4n) is 1.30. The lowest BCUT2D eigenvalue weighted by molar-refractivity contribution is -0.0365. The first kappa shape index (κ1) is 12.1. The van der Waals surface area contributed by atoms with Gasteiger partial charge < -0.3 is 9.84 Å². The van der Waals surface area contributed by atoms with Crippen LogP contribution in [0.3, 0.4) is 0 Å². The van der Waals surface area contributed by atoms with Crippen molar-refractivity contribution in [2.45, 2.75) is 19.4 Å². The van der Waals surface area contributed by atoms with Gasteiger partial charge in [-0.2, -0.15) is 0 Å². The minimum absolute atomic E-state index is 0.0218. The molecule has 1 rings (SSSR count). The summed E-state index contributed by atoms with van der Waals surface area (Å²) in [6.07, 6.45) is 0. The molecule has 4 heteroatoms. The van der Waals surface area contributed by atoms with E-state index in [2.05, 4.69) is 0 Å². The number of halogens is 2. The quantitative estimate of drug-likeness (QED) is 0.836. The van der Waals surface area contributed by atoms with Gasteiger partial charge in [0.2, 0.25) is 0 Å². The third-order valence-electron chi connectivity index (χ3n) is 2.10. The van der Waals surface area contributed by atoms with E-state index in [0.717, 1.165) is 12.1 Å². The molecule has 1 unspecified atom stereocenters. The molecule has 0 amide bonds. The van der Waals surface area contributed by atoms with Gasteiger partial charge in [-0.1, -0.05) is 6.07 Å². The summed E-state index contributed by atoms with van der Waals surface area (Å²) < 4.78 is 31.0. The van der Waals surface area contributed by atoms with Crippen molar-refractivity contribution in [3.8, 4) is 0 Å². The van der Waals surface area contributed by atoms with Crippen molar-refractivity contribution >= 4 is 0 Å². The van der Waals surface area contributed by atoms with Gasteiger partial charge in [-0.25, -0.2) is 8.78 Å². The van der Waals surface area contributed by atoms with Gasteiger partial charge in [-0.05, 0) is 19.9 Å². The van der Waals surface area contributed by atoms with Gasteiger partial charge in [0.15, 0.2) is 0 Å². The van der Waals surface area contributed by atoms with Crippen LogP contribution in [0.25, 0.3) is 0 Å². The predicted molar refractivity (Wildman–Crippen MR) is 52.4 cm³/mol. The monoisotopic (exact) mass is 216 g/mol. The number of rotatable bonds is 4. The molecule has 1 N–H and O–H groups in total. The van der Waals surface area contributed by atoms with Crippen molar-refractivity contribution in [2.75, 3.05) is 13.2 Å². The normalized spacial score (nSPS) is 15.0. The van der Waals surface area contributed by atoms with Crippen LogP contribution in [-0.4, -0.2) is 18.3 Å². The van der Waals surface area contributed by atoms with E-state index in [9.17, 15) is 13.9 Å². The van der Waals surface area contributed by atoms with Crippen LogP contribution in [0.15, 0.2) is 18.2 Å². The molecule has 0 aliphatic rings. The fraction of sp³-hybridized carbons (Fsp3) is 0.455. The molecule has 1 aromatic carbocycles. The summed E-state index contributed by atoms with van der Waals surface area (Å²) in [6, 6.07) is 3.08. The highest BCUT2D eigenvalue weighted by Crippen LogP contribution is 2.24. The summed E-state index contributed by atoms with van der Waals surface area (Å²) in [5.41, 5.74) is -1.40. The highest BCUT2D eigenvalue weighted by atomic mass is 19.1. The molecule has 0 aliphatic carbocycles. The summed E-state index contributed by atoms with van der Waals surface area (Å²) in [4.78, 5) is 0. The van der Waals surface area contributed by atoms with E-state index in [1.54, 1.807) is 6.92 Å². The highest BCUT2D eigenvalue weighted by molar-refractivity contribution is 5.24. The lowest BCUT2D eigenvalue weighted by atomic mass is 9.96. The summed E-state index contributed by atoms with van der Waals surface area (Å²) in [6.45, 7) is 3.61. The predicted octanol–water partition coefficient (Wildman–Crippen LogP) is 2.21. The Labute approximate surface area is 87.5 Å². The van der Waals surface area contributed by atoms with Crippen molar-refractivity contribution in [3.63, 3.8) is 0 Å². The Balaban J connectivity index is 2.93. The topological polar surface area (TPSA) is 29.5 Å². The van der Waals surface area contributed by atoms with E-state index in [0.29, 0.717) is 6.61 Å². The molecule has 0 spiro atoms. The van der Waals surface area contributed by atoms with E-state index in [4.69, 9.17) is 4.74 Å². The number of aliphatic hydroxyl groups is 1. The van der Waals surface area contributed by atoms with Gasteiger partial charge in [-0.3, -0.25) is 0 Å². The van der Waals surface area contributed by atoms with Crippen LogP contribution in [0.1, 0.15) is 19.4 Å². The first-order chi connectivity index (χ1) is 6.97. The molecule has 1 aromatic rings. The maximum atomic E-state index is 13.3. The smallest absolute Gasteiger partial charge is 0.132 e. The van der Waals surface area contributed by atoms with Crippen molar-refractivity contribution in [2.24, 2.45) is 0 Å². The summed E-state index contributed by atoms with van der Waals surface area (Å²) in [7, 11) is 0. The zero-order valence-electron chi connectivity index (χ0n) is 8.76. The highest BCUT2D eigenvalue weighted by Gasteiger charge is 2.26. The van der Waals surface area contributed by atoms with Crippen LogP contribution >= 0.6 is 0 Å². The molecule has 0 fully saturated rings. The first-order valence-electron chi connectivity index (χ1n) is 4.73. The van der Waals surface area contributed by atoms with Gasteiger partial charge in [-0.15, -0.1) is 0 Å². The maximum Gasteiger partial charge on any atom is 0.132 e. The lowest BCUT2D eigenvalue weighted by Crippen LogP contribution is -2.29. The van der Waals surface area contributed by atoms with Gasteiger partial charge in [0.1, 0.15) is 17.2 Å². The minimum Gasteiger partial charge on any atom is -0.383 e. The van der Waals surface area contributed by atoms with Gasteiger partial charge in [0.25, 0.3) is 0 Å². The molecule has 0 aromatic heterocycles.